The highest BCUT2D eigenvalue weighted by atomic mass is 14.2. The van der Waals surface area contributed by atoms with Gasteiger partial charge in [0.1, 0.15) is 0 Å². The summed E-state index contributed by atoms with van der Waals surface area (Å²) >= 11 is 0. The number of hydrogen-bond donors (Lipinski definition) is 0. The standard InChI is InChI=1S/C42H28/c1-3-11-29(12-4-1)31-15-9-17-33(25-31)35-21-23-39-37-19-7-8-20-38(37)40-24-22-36(28-42(40)41(39)27-35)34-18-10-16-32(26-34)30-13-5-2-6-14-30/h1-28H. The van der Waals surface area contributed by atoms with Crippen LogP contribution >= 0.6 is 0 Å². The Balaban J connectivity index is 1.33. The fourth-order valence-corrected chi connectivity index (χ4v) is 6.33. The predicted octanol–water partition coefficient (Wildman–Crippen LogP) is 11.8. The quantitative estimate of drug-likeness (QED) is 0.198. The Hall–Kier alpha value is -5.46. The van der Waals surface area contributed by atoms with Crippen LogP contribution in [0, 0.1) is 0 Å². The Kier molecular flexibility index (Phi) is 5.90. The molecule has 0 spiro atoms. The molecule has 0 saturated heterocycles. The molecular formula is C42H28. The first-order valence-corrected chi connectivity index (χ1v) is 14.5. The van der Waals surface area contributed by atoms with Gasteiger partial charge in [-0.2, -0.15) is 0 Å². The van der Waals surface area contributed by atoms with Gasteiger partial charge in [-0.1, -0.05) is 146 Å². The third-order valence-electron chi connectivity index (χ3n) is 8.44. The first kappa shape index (κ1) is 24.3. The van der Waals surface area contributed by atoms with Gasteiger partial charge in [0.2, 0.25) is 0 Å². The summed E-state index contributed by atoms with van der Waals surface area (Å²) in [5, 5.41) is 7.74. The largest absolute Gasteiger partial charge is 0.0622 e. The van der Waals surface area contributed by atoms with Crippen LogP contribution in [0.1, 0.15) is 0 Å². The van der Waals surface area contributed by atoms with Crippen LogP contribution in [-0.4, -0.2) is 0 Å². The SMILES string of the molecule is c1ccc(-c2cccc(-c3ccc4c5ccccc5c5ccc(-c6cccc(-c7ccccc7)c6)cc5c4c3)c2)cc1. The summed E-state index contributed by atoms with van der Waals surface area (Å²) in [6.07, 6.45) is 0. The molecule has 0 fully saturated rings. The van der Waals surface area contributed by atoms with E-state index in [0.29, 0.717) is 0 Å². The van der Waals surface area contributed by atoms with Crippen LogP contribution in [0.25, 0.3) is 76.8 Å². The molecule has 0 radical (unpaired) electrons. The molecule has 0 bridgehead atoms. The van der Waals surface area contributed by atoms with Gasteiger partial charge in [-0.05, 0) is 101 Å². The van der Waals surface area contributed by atoms with Gasteiger partial charge in [-0.25, -0.2) is 0 Å². The van der Waals surface area contributed by atoms with Gasteiger partial charge in [-0.3, -0.25) is 0 Å². The molecule has 196 valence electrons. The molecule has 0 heteroatoms. The van der Waals surface area contributed by atoms with Crippen LogP contribution in [0.5, 0.6) is 0 Å². The molecule has 42 heavy (non-hydrogen) atoms. The van der Waals surface area contributed by atoms with Crippen LogP contribution in [0.15, 0.2) is 170 Å². The number of rotatable bonds is 4. The summed E-state index contributed by atoms with van der Waals surface area (Å²) in [5.74, 6) is 0. The topological polar surface area (TPSA) is 0 Å². The van der Waals surface area contributed by atoms with Gasteiger partial charge in [0.15, 0.2) is 0 Å². The lowest BCUT2D eigenvalue weighted by molar-refractivity contribution is 1.60. The van der Waals surface area contributed by atoms with E-state index in [2.05, 4.69) is 170 Å². The lowest BCUT2D eigenvalue weighted by atomic mass is 9.89. The first-order valence-electron chi connectivity index (χ1n) is 14.5. The maximum atomic E-state index is 2.39. The maximum Gasteiger partial charge on any atom is -0.00926 e. The minimum atomic E-state index is 1.23. The molecule has 0 aromatic heterocycles. The summed E-state index contributed by atoms with van der Waals surface area (Å²) in [5.41, 5.74) is 9.85. The highest BCUT2D eigenvalue weighted by Crippen LogP contribution is 2.39. The van der Waals surface area contributed by atoms with Crippen molar-refractivity contribution in [1.29, 1.82) is 0 Å². The summed E-state index contributed by atoms with van der Waals surface area (Å²) in [6.45, 7) is 0. The van der Waals surface area contributed by atoms with Crippen LogP contribution < -0.4 is 0 Å². The molecular weight excluding hydrogens is 504 g/mol. The van der Waals surface area contributed by atoms with E-state index in [1.807, 2.05) is 0 Å². The molecule has 0 aliphatic rings. The van der Waals surface area contributed by atoms with Crippen molar-refractivity contribution < 1.29 is 0 Å². The average molecular weight is 533 g/mol. The van der Waals surface area contributed by atoms with Crippen molar-refractivity contribution in [3.8, 4) is 44.5 Å². The summed E-state index contributed by atoms with van der Waals surface area (Å²) < 4.78 is 0. The first-order chi connectivity index (χ1) is 20.8. The third-order valence-corrected chi connectivity index (χ3v) is 8.44. The fraction of sp³-hybridized carbons (Fsp3) is 0. The Bertz CT molecular complexity index is 2060. The Morgan fingerprint density at radius 3 is 0.905 bits per heavy atom. The minimum Gasteiger partial charge on any atom is -0.0622 e. The van der Waals surface area contributed by atoms with Crippen molar-refractivity contribution in [3.05, 3.63) is 170 Å². The van der Waals surface area contributed by atoms with E-state index in [4.69, 9.17) is 0 Å². The summed E-state index contributed by atoms with van der Waals surface area (Å²) in [6, 6.07) is 61.7. The van der Waals surface area contributed by atoms with Crippen LogP contribution in [0.4, 0.5) is 0 Å². The van der Waals surface area contributed by atoms with Gasteiger partial charge < -0.3 is 0 Å². The zero-order valence-electron chi connectivity index (χ0n) is 23.2. The fourth-order valence-electron chi connectivity index (χ4n) is 6.33. The van der Waals surface area contributed by atoms with E-state index < -0.39 is 0 Å². The molecule has 0 heterocycles. The van der Waals surface area contributed by atoms with E-state index in [9.17, 15) is 0 Å². The van der Waals surface area contributed by atoms with Crippen molar-refractivity contribution in [1.82, 2.24) is 0 Å². The van der Waals surface area contributed by atoms with Crippen molar-refractivity contribution in [2.24, 2.45) is 0 Å². The second kappa shape index (κ2) is 10.2. The lowest BCUT2D eigenvalue weighted by Crippen LogP contribution is -1.87. The van der Waals surface area contributed by atoms with Crippen LogP contribution in [0.3, 0.4) is 0 Å². The molecule has 8 aromatic rings. The van der Waals surface area contributed by atoms with Crippen molar-refractivity contribution in [2.75, 3.05) is 0 Å². The number of benzene rings is 8. The molecule has 0 saturated carbocycles. The monoisotopic (exact) mass is 532 g/mol. The maximum absolute atomic E-state index is 2.39. The zero-order chi connectivity index (χ0) is 27.9. The van der Waals surface area contributed by atoms with Gasteiger partial charge in [0, 0.05) is 0 Å². The van der Waals surface area contributed by atoms with E-state index in [1.165, 1.54) is 76.8 Å². The highest BCUT2D eigenvalue weighted by Gasteiger charge is 2.12. The van der Waals surface area contributed by atoms with Gasteiger partial charge in [0.05, 0.1) is 0 Å². The smallest absolute Gasteiger partial charge is 0.00926 e. The van der Waals surface area contributed by atoms with Crippen molar-refractivity contribution in [2.45, 2.75) is 0 Å². The third kappa shape index (κ3) is 4.26. The number of hydrogen-bond acceptors (Lipinski definition) is 0. The lowest BCUT2D eigenvalue weighted by Gasteiger charge is -2.14. The molecule has 0 amide bonds. The second-order valence-electron chi connectivity index (χ2n) is 11.0. The predicted molar refractivity (Wildman–Crippen MR) is 181 cm³/mol. The van der Waals surface area contributed by atoms with E-state index in [1.54, 1.807) is 0 Å². The van der Waals surface area contributed by atoms with Gasteiger partial charge in [-0.15, -0.1) is 0 Å². The minimum absolute atomic E-state index is 1.23. The second-order valence-corrected chi connectivity index (χ2v) is 11.0. The molecule has 0 aliphatic heterocycles. The normalized spacial score (nSPS) is 11.3. The molecule has 0 N–H and O–H groups in total. The van der Waals surface area contributed by atoms with E-state index >= 15 is 0 Å². The highest BCUT2D eigenvalue weighted by molar-refractivity contribution is 6.26. The molecule has 0 nitrogen and oxygen atoms in total. The van der Waals surface area contributed by atoms with Crippen molar-refractivity contribution in [3.63, 3.8) is 0 Å². The van der Waals surface area contributed by atoms with Gasteiger partial charge >= 0.3 is 0 Å². The zero-order valence-corrected chi connectivity index (χ0v) is 23.2. The van der Waals surface area contributed by atoms with E-state index in [-0.39, 0.29) is 0 Å². The average Bonchev–Trinajstić information content (AvgIpc) is 3.09. The molecule has 0 unspecified atom stereocenters. The summed E-state index contributed by atoms with van der Waals surface area (Å²) in [7, 11) is 0. The summed E-state index contributed by atoms with van der Waals surface area (Å²) in [4.78, 5) is 0. The molecule has 0 aliphatic carbocycles. The van der Waals surface area contributed by atoms with Gasteiger partial charge in [0.25, 0.3) is 0 Å². The molecule has 8 rings (SSSR count). The van der Waals surface area contributed by atoms with E-state index in [0.717, 1.165) is 0 Å². The van der Waals surface area contributed by atoms with Crippen LogP contribution in [-0.2, 0) is 0 Å². The Labute approximate surface area is 246 Å². The van der Waals surface area contributed by atoms with Crippen molar-refractivity contribution >= 4 is 32.3 Å². The number of fused-ring (bicyclic) bond motifs is 6. The molecule has 0 atom stereocenters. The van der Waals surface area contributed by atoms with Crippen LogP contribution in [0.2, 0.25) is 0 Å². The Morgan fingerprint density at radius 1 is 0.167 bits per heavy atom. The molecule has 8 aromatic carbocycles. The Morgan fingerprint density at radius 2 is 0.476 bits per heavy atom.